The van der Waals surface area contributed by atoms with E-state index in [0.717, 1.165) is 56.3 Å². The van der Waals surface area contributed by atoms with Crippen LogP contribution in [0, 0.1) is 46.8 Å². The average molecular weight is 417 g/mol. The second-order valence-electron chi connectivity index (χ2n) is 10.8. The molecule has 1 heterocycles. The topological polar surface area (TPSA) is 67.5 Å². The zero-order valence-electron chi connectivity index (χ0n) is 17.7. The predicted molar refractivity (Wildman–Crippen MR) is 111 cm³/mol. The Hall–Kier alpha value is -1.25. The van der Waals surface area contributed by atoms with Crippen LogP contribution >= 0.6 is 0 Å². The van der Waals surface area contributed by atoms with Gasteiger partial charge in [-0.2, -0.15) is 0 Å². The zero-order chi connectivity index (χ0) is 20.8. The van der Waals surface area contributed by atoms with Crippen molar-refractivity contribution < 1.29 is 17.9 Å². The Kier molecular flexibility index (Phi) is 4.02. The maximum Gasteiger partial charge on any atom is 0.178 e. The number of hydrogen-bond donors (Lipinski definition) is 1. The van der Waals surface area contributed by atoms with Crippen LogP contribution < -0.4 is 0 Å². The Morgan fingerprint density at radius 3 is 2.59 bits per heavy atom. The molecule has 0 amide bonds. The van der Waals surface area contributed by atoms with E-state index < -0.39 is 15.4 Å². The highest BCUT2D eigenvalue weighted by molar-refractivity contribution is 7.90. The van der Waals surface area contributed by atoms with E-state index in [1.807, 2.05) is 0 Å². The van der Waals surface area contributed by atoms with Gasteiger partial charge < -0.3 is 9.52 Å². The van der Waals surface area contributed by atoms with Gasteiger partial charge in [0.25, 0.3) is 0 Å². The summed E-state index contributed by atoms with van der Waals surface area (Å²) in [5.41, 5.74) is -0.0941. The molecule has 4 nitrogen and oxygen atoms in total. The number of fused-ring (bicyclic) bond motifs is 6. The Balaban J connectivity index is 1.50. The molecule has 0 bridgehead atoms. The van der Waals surface area contributed by atoms with Gasteiger partial charge in [0.2, 0.25) is 0 Å². The van der Waals surface area contributed by atoms with Crippen LogP contribution in [0.1, 0.15) is 63.7 Å². The summed E-state index contributed by atoms with van der Waals surface area (Å²) in [6.07, 6.45) is 16.2. The van der Waals surface area contributed by atoms with Gasteiger partial charge in [-0.15, -0.1) is 6.42 Å². The summed E-state index contributed by atoms with van der Waals surface area (Å²) in [6, 6.07) is 0. The van der Waals surface area contributed by atoms with Gasteiger partial charge in [0.15, 0.2) is 9.84 Å². The molecule has 5 rings (SSSR count). The first kappa shape index (κ1) is 19.7. The molecule has 1 N–H and O–H groups in total. The summed E-state index contributed by atoms with van der Waals surface area (Å²) in [5, 5.41) is 11.1. The van der Waals surface area contributed by atoms with Gasteiger partial charge >= 0.3 is 0 Å². The summed E-state index contributed by atoms with van der Waals surface area (Å²) in [5.74, 6) is 5.77. The van der Waals surface area contributed by atoms with E-state index in [2.05, 4.69) is 19.8 Å². The lowest BCUT2D eigenvalue weighted by Crippen LogP contribution is -2.56. The molecule has 4 aliphatic carbocycles. The molecule has 4 aliphatic rings. The van der Waals surface area contributed by atoms with Gasteiger partial charge in [-0.05, 0) is 74.0 Å². The second kappa shape index (κ2) is 5.92. The standard InChI is InChI=1S/C24H32O4S/c1-5-24(25)11-9-19-16-7-6-15-12-17-20(28-14-21(17)29(4,26)27)13-22(15,2)18(16)8-10-23(19,24)3/h1,14-16,18-19,25H,6-13H2,2-4H3/t15-,16+,18-,19-,22-,23-,24-/m0/s1. The first-order chi connectivity index (χ1) is 13.5. The van der Waals surface area contributed by atoms with E-state index >= 15 is 0 Å². The van der Waals surface area contributed by atoms with Crippen LogP contribution in [0.15, 0.2) is 15.6 Å². The summed E-state index contributed by atoms with van der Waals surface area (Å²) < 4.78 is 30.2. The molecule has 0 saturated heterocycles. The van der Waals surface area contributed by atoms with Gasteiger partial charge in [-0.25, -0.2) is 8.42 Å². The molecule has 0 spiro atoms. The lowest BCUT2D eigenvalue weighted by atomic mass is 9.44. The van der Waals surface area contributed by atoms with E-state index in [4.69, 9.17) is 10.8 Å². The maximum absolute atomic E-state index is 12.2. The van der Waals surface area contributed by atoms with Crippen LogP contribution in [0.5, 0.6) is 0 Å². The lowest BCUT2D eigenvalue weighted by Gasteiger charge is -2.60. The van der Waals surface area contributed by atoms with E-state index in [-0.39, 0.29) is 10.8 Å². The second-order valence-corrected chi connectivity index (χ2v) is 12.8. The minimum atomic E-state index is -3.26. The quantitative estimate of drug-likeness (QED) is 0.703. The van der Waals surface area contributed by atoms with Crippen LogP contribution in [-0.2, 0) is 22.7 Å². The molecule has 158 valence electrons. The van der Waals surface area contributed by atoms with Crippen LogP contribution in [0.4, 0.5) is 0 Å². The van der Waals surface area contributed by atoms with Crippen LogP contribution in [0.2, 0.25) is 0 Å². The van der Waals surface area contributed by atoms with Crippen molar-refractivity contribution in [1.82, 2.24) is 0 Å². The molecule has 0 aliphatic heterocycles. The van der Waals surface area contributed by atoms with Crippen molar-refractivity contribution in [2.75, 3.05) is 6.26 Å². The fourth-order valence-electron chi connectivity index (χ4n) is 8.07. The van der Waals surface area contributed by atoms with E-state index in [1.165, 1.54) is 12.5 Å². The minimum Gasteiger partial charge on any atom is -0.468 e. The predicted octanol–water partition coefficient (Wildman–Crippen LogP) is 4.00. The molecule has 0 radical (unpaired) electrons. The Morgan fingerprint density at radius 2 is 1.90 bits per heavy atom. The van der Waals surface area contributed by atoms with Crippen LogP contribution in [-0.4, -0.2) is 25.4 Å². The Labute approximate surface area is 174 Å². The fourth-order valence-corrected chi connectivity index (χ4v) is 8.94. The molecule has 3 saturated carbocycles. The number of furan rings is 1. The summed E-state index contributed by atoms with van der Waals surface area (Å²) in [6.45, 7) is 4.63. The smallest absolute Gasteiger partial charge is 0.178 e. The summed E-state index contributed by atoms with van der Waals surface area (Å²) >= 11 is 0. The first-order valence-electron chi connectivity index (χ1n) is 11.0. The van der Waals surface area contributed by atoms with Gasteiger partial charge in [-0.3, -0.25) is 0 Å². The molecule has 7 atom stereocenters. The zero-order valence-corrected chi connectivity index (χ0v) is 18.5. The van der Waals surface area contributed by atoms with Crippen molar-refractivity contribution in [3.05, 3.63) is 17.6 Å². The SMILES string of the molecule is C#C[C@]1(O)CC[C@H]2[C@@H]3CC[C@H]4Cc5c(S(C)(=O)=O)coc5C[C@]4(C)[C@H]3CC[C@@]21C. The average Bonchev–Trinajstić information content (AvgIpc) is 3.18. The summed E-state index contributed by atoms with van der Waals surface area (Å²) in [4.78, 5) is 0.391. The number of aliphatic hydroxyl groups is 1. The third kappa shape index (κ3) is 2.45. The van der Waals surface area contributed by atoms with Crippen molar-refractivity contribution in [2.45, 2.75) is 75.7 Å². The number of hydrogen-bond acceptors (Lipinski definition) is 4. The molecular weight excluding hydrogens is 384 g/mol. The molecule has 29 heavy (non-hydrogen) atoms. The number of terminal acetylenes is 1. The van der Waals surface area contributed by atoms with Crippen LogP contribution in [0.3, 0.4) is 0 Å². The van der Waals surface area contributed by atoms with Crippen molar-refractivity contribution in [1.29, 1.82) is 0 Å². The largest absolute Gasteiger partial charge is 0.468 e. The first-order valence-corrected chi connectivity index (χ1v) is 12.9. The highest BCUT2D eigenvalue weighted by Gasteiger charge is 2.64. The Bertz CT molecular complexity index is 1000. The maximum atomic E-state index is 12.2. The molecule has 1 aromatic heterocycles. The highest BCUT2D eigenvalue weighted by Crippen LogP contribution is 2.67. The van der Waals surface area contributed by atoms with Crippen molar-refractivity contribution >= 4 is 9.84 Å². The third-order valence-electron chi connectivity index (χ3n) is 9.79. The van der Waals surface area contributed by atoms with Crippen LogP contribution in [0.25, 0.3) is 0 Å². The van der Waals surface area contributed by atoms with Crippen molar-refractivity contribution in [3.8, 4) is 12.3 Å². The minimum absolute atomic E-state index is 0.126. The van der Waals surface area contributed by atoms with Gasteiger partial charge in [0.05, 0.1) is 0 Å². The third-order valence-corrected chi connectivity index (χ3v) is 10.9. The molecule has 0 unspecified atom stereocenters. The molecule has 0 aromatic carbocycles. The van der Waals surface area contributed by atoms with E-state index in [9.17, 15) is 13.5 Å². The van der Waals surface area contributed by atoms with E-state index in [1.54, 1.807) is 0 Å². The molecular formula is C24H32O4S. The van der Waals surface area contributed by atoms with E-state index in [0.29, 0.717) is 35.0 Å². The lowest BCUT2D eigenvalue weighted by molar-refractivity contribution is -0.128. The normalized spacial score (nSPS) is 46.2. The number of rotatable bonds is 1. The molecule has 3 fully saturated rings. The highest BCUT2D eigenvalue weighted by atomic mass is 32.2. The van der Waals surface area contributed by atoms with Gasteiger partial charge in [-0.1, -0.05) is 19.8 Å². The molecule has 1 aromatic rings. The number of sulfone groups is 1. The van der Waals surface area contributed by atoms with Gasteiger partial charge in [0, 0.05) is 23.7 Å². The van der Waals surface area contributed by atoms with Gasteiger partial charge in [0.1, 0.15) is 22.5 Å². The Morgan fingerprint density at radius 1 is 1.17 bits per heavy atom. The summed E-state index contributed by atoms with van der Waals surface area (Å²) in [7, 11) is -3.26. The molecule has 5 heteroatoms. The fraction of sp³-hybridized carbons (Fsp3) is 0.750. The van der Waals surface area contributed by atoms with Crippen molar-refractivity contribution in [3.63, 3.8) is 0 Å². The van der Waals surface area contributed by atoms with Crippen molar-refractivity contribution in [2.24, 2.45) is 34.5 Å². The monoisotopic (exact) mass is 416 g/mol.